The fourth-order valence-corrected chi connectivity index (χ4v) is 2.55. The Morgan fingerprint density at radius 1 is 1.19 bits per heavy atom. The van der Waals surface area contributed by atoms with Crippen LogP contribution in [0.25, 0.3) is 0 Å². The summed E-state index contributed by atoms with van der Waals surface area (Å²) in [6, 6.07) is 5.76. The maximum absolute atomic E-state index is 12.4. The number of hydrogen-bond donors (Lipinski definition) is 1. The van der Waals surface area contributed by atoms with Crippen LogP contribution in [0.3, 0.4) is 0 Å². The third-order valence-corrected chi connectivity index (χ3v) is 4.25. The van der Waals surface area contributed by atoms with Crippen molar-refractivity contribution in [2.24, 2.45) is 0 Å². The van der Waals surface area contributed by atoms with Gasteiger partial charge in [0.25, 0.3) is 5.91 Å². The van der Waals surface area contributed by atoms with Crippen LogP contribution >= 0.6 is 0 Å². The number of carboxylic acid groups (broad SMARTS) is 1. The molecular weight excluding hydrogens is 294 g/mol. The smallest absolute Gasteiger partial charge is 0.335 e. The second-order valence-electron chi connectivity index (χ2n) is 5.24. The van der Waals surface area contributed by atoms with Gasteiger partial charge in [0.05, 0.1) is 11.3 Å². The van der Waals surface area contributed by atoms with E-state index >= 15 is 0 Å². The lowest BCUT2D eigenvalue weighted by molar-refractivity contribution is 0.0693. The minimum absolute atomic E-state index is 0.0670. The van der Waals surface area contributed by atoms with Gasteiger partial charge in [0, 0.05) is 24.4 Å². The molecule has 1 aromatic rings. The summed E-state index contributed by atoms with van der Waals surface area (Å²) in [4.78, 5) is 24.8. The SMILES string of the molecule is CS(=O)(=O)CCN(C(=O)c1ccc(C(=O)O)cc1)C1CC1. The first-order chi connectivity index (χ1) is 9.78. The van der Waals surface area contributed by atoms with Gasteiger partial charge < -0.3 is 10.0 Å². The van der Waals surface area contributed by atoms with Gasteiger partial charge in [0.2, 0.25) is 0 Å². The predicted octanol–water partition coefficient (Wildman–Crippen LogP) is 1.03. The molecule has 0 unspecified atom stereocenters. The molecule has 0 spiro atoms. The van der Waals surface area contributed by atoms with E-state index in [1.165, 1.54) is 24.3 Å². The van der Waals surface area contributed by atoms with E-state index in [9.17, 15) is 18.0 Å². The average molecular weight is 311 g/mol. The van der Waals surface area contributed by atoms with Crippen LogP contribution in [0.4, 0.5) is 0 Å². The largest absolute Gasteiger partial charge is 0.478 e. The van der Waals surface area contributed by atoms with Crippen molar-refractivity contribution in [3.8, 4) is 0 Å². The molecule has 0 atom stereocenters. The van der Waals surface area contributed by atoms with Gasteiger partial charge in [0.15, 0.2) is 0 Å². The number of carbonyl (C=O) groups excluding carboxylic acids is 1. The summed E-state index contributed by atoms with van der Waals surface area (Å²) in [5.41, 5.74) is 0.487. The Kier molecular flexibility index (Phi) is 4.32. The standard InChI is InChI=1S/C14H17NO5S/c1-21(19,20)9-8-15(12-6-7-12)13(16)10-2-4-11(5-3-10)14(17)18/h2-5,12H,6-9H2,1H3,(H,17,18). The molecule has 2 rings (SSSR count). The van der Waals surface area contributed by atoms with Gasteiger partial charge in [-0.1, -0.05) is 0 Å². The topological polar surface area (TPSA) is 91.8 Å². The Balaban J connectivity index is 2.12. The molecule has 6 nitrogen and oxygen atoms in total. The van der Waals surface area contributed by atoms with E-state index in [0.29, 0.717) is 5.56 Å². The molecule has 0 aliphatic heterocycles. The molecule has 1 fully saturated rings. The number of benzene rings is 1. The van der Waals surface area contributed by atoms with Crippen LogP contribution in [0.15, 0.2) is 24.3 Å². The van der Waals surface area contributed by atoms with Crippen molar-refractivity contribution < 1.29 is 23.1 Å². The van der Waals surface area contributed by atoms with Crippen LogP contribution in [0.1, 0.15) is 33.6 Å². The van der Waals surface area contributed by atoms with E-state index in [-0.39, 0.29) is 29.8 Å². The van der Waals surface area contributed by atoms with E-state index in [0.717, 1.165) is 19.1 Å². The lowest BCUT2D eigenvalue weighted by Crippen LogP contribution is -2.36. The highest BCUT2D eigenvalue weighted by molar-refractivity contribution is 7.90. The normalized spacial score (nSPS) is 14.7. The third-order valence-electron chi connectivity index (χ3n) is 3.33. The first-order valence-corrected chi connectivity index (χ1v) is 8.66. The molecule has 1 aromatic carbocycles. The van der Waals surface area contributed by atoms with Crippen molar-refractivity contribution in [1.82, 2.24) is 4.90 Å². The molecule has 0 aromatic heterocycles. The van der Waals surface area contributed by atoms with Crippen molar-refractivity contribution in [2.75, 3.05) is 18.6 Å². The molecule has 1 aliphatic carbocycles. The number of carbonyl (C=O) groups is 2. The summed E-state index contributed by atoms with van der Waals surface area (Å²) in [7, 11) is -3.13. The van der Waals surface area contributed by atoms with Gasteiger partial charge in [-0.15, -0.1) is 0 Å². The van der Waals surface area contributed by atoms with Crippen LogP contribution < -0.4 is 0 Å². The van der Waals surface area contributed by atoms with Gasteiger partial charge in [-0.3, -0.25) is 4.79 Å². The maximum Gasteiger partial charge on any atom is 0.335 e. The zero-order valence-electron chi connectivity index (χ0n) is 11.7. The van der Waals surface area contributed by atoms with E-state index < -0.39 is 15.8 Å². The number of aromatic carboxylic acids is 1. The summed E-state index contributed by atoms with van der Waals surface area (Å²) in [6.45, 7) is 0.170. The van der Waals surface area contributed by atoms with Gasteiger partial charge in [0.1, 0.15) is 9.84 Å². The Morgan fingerprint density at radius 2 is 1.71 bits per heavy atom. The molecule has 0 heterocycles. The molecule has 0 saturated heterocycles. The van der Waals surface area contributed by atoms with Crippen molar-refractivity contribution in [3.63, 3.8) is 0 Å². The molecule has 1 N–H and O–H groups in total. The summed E-state index contributed by atoms with van der Waals surface area (Å²) in [5.74, 6) is -1.37. The number of carboxylic acids is 1. The molecule has 0 radical (unpaired) electrons. The third kappa shape index (κ3) is 4.29. The summed E-state index contributed by atoms with van der Waals surface area (Å²) >= 11 is 0. The van der Waals surface area contributed by atoms with Crippen LogP contribution in [-0.4, -0.2) is 54.9 Å². The highest BCUT2D eigenvalue weighted by Gasteiger charge is 2.33. The minimum atomic E-state index is -3.13. The Bertz CT molecular complexity index is 646. The summed E-state index contributed by atoms with van der Waals surface area (Å²) < 4.78 is 22.5. The van der Waals surface area contributed by atoms with Crippen LogP contribution in [0.5, 0.6) is 0 Å². The average Bonchev–Trinajstić information content (AvgIpc) is 3.22. The summed E-state index contributed by atoms with van der Waals surface area (Å²) in [6.07, 6.45) is 2.90. The Labute approximate surface area is 123 Å². The van der Waals surface area contributed by atoms with E-state index in [1.54, 1.807) is 4.90 Å². The van der Waals surface area contributed by atoms with Gasteiger partial charge in [-0.2, -0.15) is 0 Å². The molecule has 21 heavy (non-hydrogen) atoms. The van der Waals surface area contributed by atoms with Crippen molar-refractivity contribution in [1.29, 1.82) is 0 Å². The van der Waals surface area contributed by atoms with Crippen molar-refractivity contribution in [3.05, 3.63) is 35.4 Å². The highest BCUT2D eigenvalue weighted by Crippen LogP contribution is 2.28. The monoisotopic (exact) mass is 311 g/mol. The first kappa shape index (κ1) is 15.5. The molecule has 0 bridgehead atoms. The molecule has 1 amide bonds. The highest BCUT2D eigenvalue weighted by atomic mass is 32.2. The second kappa shape index (κ2) is 5.85. The lowest BCUT2D eigenvalue weighted by Gasteiger charge is -2.22. The van der Waals surface area contributed by atoms with Gasteiger partial charge in [-0.05, 0) is 37.1 Å². The lowest BCUT2D eigenvalue weighted by atomic mass is 10.1. The zero-order valence-corrected chi connectivity index (χ0v) is 12.5. The van der Waals surface area contributed by atoms with E-state index in [4.69, 9.17) is 5.11 Å². The van der Waals surface area contributed by atoms with Crippen molar-refractivity contribution in [2.45, 2.75) is 18.9 Å². The predicted molar refractivity (Wildman–Crippen MR) is 77.2 cm³/mol. The van der Waals surface area contributed by atoms with Crippen molar-refractivity contribution >= 4 is 21.7 Å². The molecular formula is C14H17NO5S. The summed E-state index contributed by atoms with van der Waals surface area (Å²) in [5, 5.41) is 8.83. The van der Waals surface area contributed by atoms with Gasteiger partial charge in [-0.25, -0.2) is 13.2 Å². The second-order valence-corrected chi connectivity index (χ2v) is 7.50. The number of amides is 1. The van der Waals surface area contributed by atoms with Crippen LogP contribution in [0.2, 0.25) is 0 Å². The minimum Gasteiger partial charge on any atom is -0.478 e. The Hall–Kier alpha value is -1.89. The molecule has 1 saturated carbocycles. The first-order valence-electron chi connectivity index (χ1n) is 6.60. The van der Waals surface area contributed by atoms with E-state index in [1.807, 2.05) is 0 Å². The number of nitrogens with zero attached hydrogens (tertiary/aromatic N) is 1. The molecule has 7 heteroatoms. The Morgan fingerprint density at radius 3 is 2.14 bits per heavy atom. The van der Waals surface area contributed by atoms with E-state index in [2.05, 4.69) is 0 Å². The zero-order chi connectivity index (χ0) is 15.6. The van der Waals surface area contributed by atoms with Gasteiger partial charge >= 0.3 is 5.97 Å². The maximum atomic E-state index is 12.4. The quantitative estimate of drug-likeness (QED) is 0.847. The number of sulfone groups is 1. The molecule has 1 aliphatic rings. The fourth-order valence-electron chi connectivity index (χ4n) is 2.02. The van der Waals surface area contributed by atoms with Crippen LogP contribution in [-0.2, 0) is 9.84 Å². The fraction of sp³-hybridized carbons (Fsp3) is 0.429. The van der Waals surface area contributed by atoms with Crippen LogP contribution in [0, 0.1) is 0 Å². The number of hydrogen-bond acceptors (Lipinski definition) is 4. The number of rotatable bonds is 6. The molecule has 114 valence electrons.